The lowest BCUT2D eigenvalue weighted by Gasteiger charge is -2.24. The number of hydrogen-bond donors (Lipinski definition) is 0. The van der Waals surface area contributed by atoms with E-state index in [0.29, 0.717) is 5.92 Å². The van der Waals surface area contributed by atoms with Crippen LogP contribution in [-0.2, 0) is 11.3 Å². The molecule has 0 fully saturated rings. The van der Waals surface area contributed by atoms with E-state index in [0.717, 1.165) is 23.6 Å². The quantitative estimate of drug-likeness (QED) is 0.737. The molecule has 1 aliphatic carbocycles. The molecule has 0 aromatic carbocycles. The van der Waals surface area contributed by atoms with Gasteiger partial charge < -0.3 is 4.74 Å². The smallest absolute Gasteiger partial charge is 0.0809 e. The Balaban J connectivity index is 1.73. The molecule has 0 aliphatic heterocycles. The summed E-state index contributed by atoms with van der Waals surface area (Å²) in [6, 6.07) is 2.13. The van der Waals surface area contributed by atoms with Gasteiger partial charge in [-0.25, -0.2) is 0 Å². The Morgan fingerprint density at radius 2 is 2.25 bits per heavy atom. The van der Waals surface area contributed by atoms with E-state index in [1.165, 1.54) is 17.7 Å². The molecule has 1 aliphatic rings. The maximum Gasteiger partial charge on any atom is 0.0809 e. The Labute approximate surface area is 110 Å². The van der Waals surface area contributed by atoms with Crippen LogP contribution in [0.4, 0.5) is 0 Å². The topological polar surface area (TPSA) is 9.23 Å². The lowest BCUT2D eigenvalue weighted by molar-refractivity contribution is 0.0695. The van der Waals surface area contributed by atoms with Crippen molar-refractivity contribution in [3.63, 3.8) is 0 Å². The normalized spacial score (nSPS) is 24.9. The summed E-state index contributed by atoms with van der Waals surface area (Å²) in [7, 11) is 0. The highest BCUT2D eigenvalue weighted by Gasteiger charge is 2.18. The van der Waals surface area contributed by atoms with Crippen molar-refractivity contribution < 1.29 is 4.74 Å². The number of hydrogen-bond acceptors (Lipinski definition) is 2. The first-order chi connectivity index (χ1) is 7.75. The largest absolute Gasteiger partial charge is 0.376 e. The maximum atomic E-state index is 5.80. The van der Waals surface area contributed by atoms with Crippen LogP contribution in [0.3, 0.4) is 0 Å². The lowest BCUT2D eigenvalue weighted by Crippen LogP contribution is -2.19. The van der Waals surface area contributed by atoms with Crippen LogP contribution in [0.15, 0.2) is 28.1 Å². The highest BCUT2D eigenvalue weighted by Crippen LogP contribution is 2.26. The molecule has 2 unspecified atom stereocenters. The standard InChI is InChI=1S/C13H17BrOS/c1-10-4-2-3-5-11(10)7-15-8-13-6-12(14)9-16-13/h2-3,6,9-11H,4-5,7-8H2,1H3. The molecule has 0 bridgehead atoms. The number of thiophene rings is 1. The molecule has 0 saturated heterocycles. The summed E-state index contributed by atoms with van der Waals surface area (Å²) >= 11 is 5.21. The molecule has 2 atom stereocenters. The molecule has 0 saturated carbocycles. The monoisotopic (exact) mass is 300 g/mol. The molecular formula is C13H17BrOS. The Hall–Kier alpha value is -0.120. The van der Waals surface area contributed by atoms with Crippen molar-refractivity contribution >= 4 is 27.3 Å². The SMILES string of the molecule is CC1CC=CCC1COCc1cc(Br)cs1. The molecular weight excluding hydrogens is 284 g/mol. The van der Waals surface area contributed by atoms with Crippen molar-refractivity contribution in [3.05, 3.63) is 32.9 Å². The second-order valence-electron chi connectivity index (χ2n) is 4.43. The number of halogens is 1. The van der Waals surface area contributed by atoms with Crippen LogP contribution in [0.1, 0.15) is 24.6 Å². The summed E-state index contributed by atoms with van der Waals surface area (Å²) in [5.74, 6) is 1.47. The third-order valence-electron chi connectivity index (χ3n) is 3.12. The van der Waals surface area contributed by atoms with Crippen molar-refractivity contribution in [2.45, 2.75) is 26.4 Å². The van der Waals surface area contributed by atoms with Crippen LogP contribution in [0.25, 0.3) is 0 Å². The van der Waals surface area contributed by atoms with Crippen molar-refractivity contribution in [2.24, 2.45) is 11.8 Å². The molecule has 0 amide bonds. The average Bonchev–Trinajstić information content (AvgIpc) is 2.67. The van der Waals surface area contributed by atoms with Gasteiger partial charge in [0.05, 0.1) is 13.2 Å². The fourth-order valence-corrected chi connectivity index (χ4v) is 3.37. The fraction of sp³-hybridized carbons (Fsp3) is 0.538. The van der Waals surface area contributed by atoms with E-state index in [-0.39, 0.29) is 0 Å². The zero-order valence-electron chi connectivity index (χ0n) is 9.49. The van der Waals surface area contributed by atoms with Gasteiger partial charge in [-0.1, -0.05) is 19.1 Å². The second-order valence-corrected chi connectivity index (χ2v) is 6.34. The van der Waals surface area contributed by atoms with E-state index >= 15 is 0 Å². The van der Waals surface area contributed by atoms with Crippen molar-refractivity contribution in [1.82, 2.24) is 0 Å². The van der Waals surface area contributed by atoms with E-state index in [1.807, 2.05) is 0 Å². The third kappa shape index (κ3) is 3.44. The molecule has 3 heteroatoms. The minimum atomic E-state index is 0.702. The highest BCUT2D eigenvalue weighted by molar-refractivity contribution is 9.10. The Morgan fingerprint density at radius 1 is 1.44 bits per heavy atom. The van der Waals surface area contributed by atoms with Gasteiger partial charge in [0.25, 0.3) is 0 Å². The van der Waals surface area contributed by atoms with Gasteiger partial charge in [0.1, 0.15) is 0 Å². The predicted molar refractivity (Wildman–Crippen MR) is 72.7 cm³/mol. The highest BCUT2D eigenvalue weighted by atomic mass is 79.9. The summed E-state index contributed by atoms with van der Waals surface area (Å²) in [4.78, 5) is 1.30. The van der Waals surface area contributed by atoms with E-state index in [1.54, 1.807) is 11.3 Å². The maximum absolute atomic E-state index is 5.80. The summed E-state index contributed by atoms with van der Waals surface area (Å²) in [5.41, 5.74) is 0. The zero-order chi connectivity index (χ0) is 11.4. The van der Waals surface area contributed by atoms with Crippen molar-refractivity contribution in [1.29, 1.82) is 0 Å². The first-order valence-electron chi connectivity index (χ1n) is 5.71. The van der Waals surface area contributed by atoms with E-state index in [9.17, 15) is 0 Å². The predicted octanol–water partition coefficient (Wildman–Crippen LogP) is 4.63. The van der Waals surface area contributed by atoms with Gasteiger partial charge in [-0.3, -0.25) is 0 Å². The fourth-order valence-electron chi connectivity index (χ4n) is 1.98. The van der Waals surface area contributed by atoms with Crippen LogP contribution in [0.2, 0.25) is 0 Å². The summed E-state index contributed by atoms with van der Waals surface area (Å²) in [6.45, 7) is 3.96. The molecule has 0 radical (unpaired) electrons. The minimum absolute atomic E-state index is 0.702. The van der Waals surface area contributed by atoms with Gasteiger partial charge >= 0.3 is 0 Å². The van der Waals surface area contributed by atoms with Crippen LogP contribution >= 0.6 is 27.3 Å². The molecule has 1 heterocycles. The summed E-state index contributed by atoms with van der Waals surface area (Å²) in [5, 5.41) is 2.10. The van der Waals surface area contributed by atoms with Gasteiger partial charge in [-0.15, -0.1) is 11.3 Å². The molecule has 88 valence electrons. The summed E-state index contributed by atoms with van der Waals surface area (Å²) < 4.78 is 6.96. The van der Waals surface area contributed by atoms with Gasteiger partial charge in [0.15, 0.2) is 0 Å². The number of rotatable bonds is 4. The van der Waals surface area contributed by atoms with Gasteiger partial charge in [0.2, 0.25) is 0 Å². The zero-order valence-corrected chi connectivity index (χ0v) is 11.9. The van der Waals surface area contributed by atoms with Crippen LogP contribution in [0, 0.1) is 11.8 Å². The Kier molecular flexibility index (Phi) is 4.62. The van der Waals surface area contributed by atoms with E-state index < -0.39 is 0 Å². The second kappa shape index (κ2) is 5.99. The molecule has 2 rings (SSSR count). The average molecular weight is 301 g/mol. The van der Waals surface area contributed by atoms with Gasteiger partial charge in [-0.2, -0.15) is 0 Å². The first-order valence-corrected chi connectivity index (χ1v) is 7.38. The Morgan fingerprint density at radius 3 is 2.94 bits per heavy atom. The summed E-state index contributed by atoms with van der Waals surface area (Å²) in [6.07, 6.45) is 6.96. The van der Waals surface area contributed by atoms with Gasteiger partial charge in [0, 0.05) is 14.7 Å². The van der Waals surface area contributed by atoms with Gasteiger partial charge in [-0.05, 0) is 46.7 Å². The molecule has 1 nitrogen and oxygen atoms in total. The lowest BCUT2D eigenvalue weighted by atomic mass is 9.85. The minimum Gasteiger partial charge on any atom is -0.376 e. The van der Waals surface area contributed by atoms with Crippen LogP contribution in [-0.4, -0.2) is 6.61 Å². The number of allylic oxidation sites excluding steroid dienone is 2. The van der Waals surface area contributed by atoms with Crippen molar-refractivity contribution in [3.8, 4) is 0 Å². The van der Waals surface area contributed by atoms with E-state index in [2.05, 4.69) is 46.5 Å². The number of ether oxygens (including phenoxy) is 1. The molecule has 1 aromatic heterocycles. The molecule has 1 aromatic rings. The van der Waals surface area contributed by atoms with E-state index in [4.69, 9.17) is 4.74 Å². The van der Waals surface area contributed by atoms with Crippen LogP contribution < -0.4 is 0 Å². The Bertz CT molecular complexity index is 359. The third-order valence-corrected chi connectivity index (χ3v) is 4.79. The first kappa shape index (κ1) is 12.3. The van der Waals surface area contributed by atoms with Crippen LogP contribution in [0.5, 0.6) is 0 Å². The molecule has 0 N–H and O–H groups in total. The molecule has 0 spiro atoms. The van der Waals surface area contributed by atoms with Crippen molar-refractivity contribution in [2.75, 3.05) is 6.61 Å². The molecule has 16 heavy (non-hydrogen) atoms.